The van der Waals surface area contributed by atoms with Crippen LogP contribution in [0.3, 0.4) is 0 Å². The lowest BCUT2D eigenvalue weighted by atomic mass is 10.2. The van der Waals surface area contributed by atoms with Gasteiger partial charge in [-0.25, -0.2) is 9.37 Å². The highest BCUT2D eigenvalue weighted by molar-refractivity contribution is 5.69. The highest BCUT2D eigenvalue weighted by Crippen LogP contribution is 2.24. The molecule has 3 N–H and O–H groups in total. The van der Waals surface area contributed by atoms with Crippen LogP contribution >= 0.6 is 0 Å². The van der Waals surface area contributed by atoms with Crippen molar-refractivity contribution in [3.05, 3.63) is 46.7 Å². The summed E-state index contributed by atoms with van der Waals surface area (Å²) in [5.41, 5.74) is 9.61. The van der Waals surface area contributed by atoms with E-state index < -0.39 is 0 Å². The number of nitrogen functional groups attached to an aromatic ring is 1. The molecule has 0 unspecified atom stereocenters. The van der Waals surface area contributed by atoms with Gasteiger partial charge in [0.1, 0.15) is 29.1 Å². The molecule has 7 nitrogen and oxygen atoms in total. The van der Waals surface area contributed by atoms with Crippen molar-refractivity contribution in [2.24, 2.45) is 0 Å². The molecule has 3 aromatic rings. The summed E-state index contributed by atoms with van der Waals surface area (Å²) in [5.74, 6) is 0.313. The first kappa shape index (κ1) is 16.6. The van der Waals surface area contributed by atoms with Crippen LogP contribution in [0.4, 0.5) is 16.0 Å². The second kappa shape index (κ2) is 6.73. The van der Waals surface area contributed by atoms with Crippen LogP contribution < -0.4 is 11.1 Å². The molecule has 0 atom stereocenters. The van der Waals surface area contributed by atoms with Crippen LogP contribution in [0.1, 0.15) is 29.4 Å². The second-order valence-electron chi connectivity index (χ2n) is 5.63. The number of anilines is 2. The molecule has 0 aliphatic heterocycles. The monoisotopic (exact) mass is 339 g/mol. The van der Waals surface area contributed by atoms with E-state index in [1.54, 1.807) is 6.07 Å². The molecule has 0 aromatic carbocycles. The molecule has 25 heavy (non-hydrogen) atoms. The Bertz CT molecular complexity index is 954. The second-order valence-corrected chi connectivity index (χ2v) is 5.63. The average molecular weight is 339 g/mol. The highest BCUT2D eigenvalue weighted by Gasteiger charge is 2.18. The molecule has 0 spiro atoms. The van der Waals surface area contributed by atoms with Crippen molar-refractivity contribution in [1.82, 2.24) is 19.6 Å². The van der Waals surface area contributed by atoms with E-state index in [1.165, 1.54) is 16.8 Å². The van der Waals surface area contributed by atoms with Gasteiger partial charge < -0.3 is 11.1 Å². The Balaban J connectivity index is 1.89. The molecule has 0 fully saturated rings. The minimum atomic E-state index is -0.369. The number of aromatic nitrogens is 4. The third kappa shape index (κ3) is 3.08. The number of nitrogens with two attached hydrogens (primary N) is 1. The number of aryl methyl sites for hydroxylation is 2. The first-order valence-corrected chi connectivity index (χ1v) is 7.97. The minimum absolute atomic E-state index is 0.254. The standard InChI is InChI=1S/C17H18FN7/c1-3-13-10(2)24-25-15(20)14(8-19)16(23-17(13)25)21-7-6-12-5-4-11(18)9-22-12/h4-5,9H,3,6-7,20H2,1-2H3,(H,21,23). The van der Waals surface area contributed by atoms with Gasteiger partial charge in [0.15, 0.2) is 5.65 Å². The number of nitrogens with one attached hydrogen (secondary N) is 1. The van der Waals surface area contributed by atoms with Crippen LogP contribution in [-0.4, -0.2) is 26.1 Å². The van der Waals surface area contributed by atoms with Crippen LogP contribution in [0, 0.1) is 24.1 Å². The zero-order chi connectivity index (χ0) is 18.0. The summed E-state index contributed by atoms with van der Waals surface area (Å²) in [4.78, 5) is 8.56. The number of hydrogen-bond acceptors (Lipinski definition) is 6. The fraction of sp³-hybridized carbons (Fsp3) is 0.294. The van der Waals surface area contributed by atoms with Gasteiger partial charge in [0.2, 0.25) is 0 Å². The van der Waals surface area contributed by atoms with Gasteiger partial charge in [-0.3, -0.25) is 4.98 Å². The van der Waals surface area contributed by atoms with E-state index in [1.807, 2.05) is 13.8 Å². The van der Waals surface area contributed by atoms with E-state index in [9.17, 15) is 9.65 Å². The zero-order valence-electron chi connectivity index (χ0n) is 14.0. The van der Waals surface area contributed by atoms with Crippen molar-refractivity contribution >= 4 is 17.3 Å². The Morgan fingerprint density at radius 2 is 2.20 bits per heavy atom. The molecule has 3 heterocycles. The Labute approximate surface area is 144 Å². The van der Waals surface area contributed by atoms with Crippen molar-refractivity contribution in [3.63, 3.8) is 0 Å². The van der Waals surface area contributed by atoms with E-state index in [0.717, 1.165) is 23.4 Å². The molecule has 0 saturated carbocycles. The van der Waals surface area contributed by atoms with Crippen LogP contribution in [0.25, 0.3) is 5.65 Å². The highest BCUT2D eigenvalue weighted by atomic mass is 19.1. The van der Waals surface area contributed by atoms with Gasteiger partial charge in [0.25, 0.3) is 0 Å². The molecule has 0 aliphatic carbocycles. The van der Waals surface area contributed by atoms with E-state index in [2.05, 4.69) is 26.5 Å². The summed E-state index contributed by atoms with van der Waals surface area (Å²) in [6.45, 7) is 4.41. The van der Waals surface area contributed by atoms with Crippen LogP contribution in [0.5, 0.6) is 0 Å². The van der Waals surface area contributed by atoms with Crippen molar-refractivity contribution < 1.29 is 4.39 Å². The molecule has 128 valence electrons. The number of pyridine rings is 1. The van der Waals surface area contributed by atoms with Crippen molar-refractivity contribution in [2.75, 3.05) is 17.6 Å². The molecule has 3 aromatic heterocycles. The number of fused-ring (bicyclic) bond motifs is 1. The molecule has 3 rings (SSSR count). The normalized spacial score (nSPS) is 10.8. The molecular weight excluding hydrogens is 321 g/mol. The number of rotatable bonds is 5. The van der Waals surface area contributed by atoms with E-state index in [0.29, 0.717) is 24.4 Å². The van der Waals surface area contributed by atoms with Gasteiger partial charge in [-0.1, -0.05) is 6.92 Å². The topological polar surface area (TPSA) is 105 Å². The molecular formula is C17H18FN7. The number of hydrogen-bond donors (Lipinski definition) is 2. The number of halogens is 1. The van der Waals surface area contributed by atoms with E-state index in [4.69, 9.17) is 5.73 Å². The quantitative estimate of drug-likeness (QED) is 0.738. The lowest BCUT2D eigenvalue weighted by molar-refractivity contribution is 0.619. The lowest BCUT2D eigenvalue weighted by Crippen LogP contribution is -2.13. The van der Waals surface area contributed by atoms with Crippen LogP contribution in [0.2, 0.25) is 0 Å². The van der Waals surface area contributed by atoms with Crippen LogP contribution in [0.15, 0.2) is 18.3 Å². The maximum Gasteiger partial charge on any atom is 0.163 e. The number of nitriles is 1. The van der Waals surface area contributed by atoms with Gasteiger partial charge >= 0.3 is 0 Å². The van der Waals surface area contributed by atoms with Crippen molar-refractivity contribution in [1.29, 1.82) is 5.26 Å². The molecule has 0 bridgehead atoms. The third-order valence-corrected chi connectivity index (χ3v) is 4.02. The Morgan fingerprint density at radius 3 is 2.84 bits per heavy atom. The third-order valence-electron chi connectivity index (χ3n) is 4.02. The van der Waals surface area contributed by atoms with Gasteiger partial charge in [-0.15, -0.1) is 0 Å². The maximum absolute atomic E-state index is 12.9. The summed E-state index contributed by atoms with van der Waals surface area (Å²) in [5, 5.41) is 16.9. The molecule has 0 amide bonds. The lowest BCUT2D eigenvalue weighted by Gasteiger charge is -2.10. The summed E-state index contributed by atoms with van der Waals surface area (Å²) < 4.78 is 14.4. The summed E-state index contributed by atoms with van der Waals surface area (Å²) in [7, 11) is 0. The molecule has 0 saturated heterocycles. The Kier molecular flexibility index (Phi) is 4.48. The van der Waals surface area contributed by atoms with Gasteiger partial charge in [0, 0.05) is 24.2 Å². The summed E-state index contributed by atoms with van der Waals surface area (Å²) in [6.07, 6.45) is 2.52. The smallest absolute Gasteiger partial charge is 0.163 e. The van der Waals surface area contributed by atoms with Crippen molar-refractivity contribution in [2.45, 2.75) is 26.7 Å². The van der Waals surface area contributed by atoms with E-state index in [-0.39, 0.29) is 17.2 Å². The predicted molar refractivity (Wildman–Crippen MR) is 92.6 cm³/mol. The predicted octanol–water partition coefficient (Wildman–Crippen LogP) is 2.24. The van der Waals surface area contributed by atoms with Crippen LogP contribution in [-0.2, 0) is 12.8 Å². The molecule has 0 radical (unpaired) electrons. The van der Waals surface area contributed by atoms with Gasteiger partial charge in [0.05, 0.1) is 11.9 Å². The Hall–Kier alpha value is -3.21. The first-order chi connectivity index (χ1) is 12.0. The largest absolute Gasteiger partial charge is 0.382 e. The summed E-state index contributed by atoms with van der Waals surface area (Å²) >= 11 is 0. The molecule has 0 aliphatic rings. The SMILES string of the molecule is CCc1c(C)nn2c(N)c(C#N)c(NCCc3ccc(F)cn3)nc12. The fourth-order valence-corrected chi connectivity index (χ4v) is 2.73. The summed E-state index contributed by atoms with van der Waals surface area (Å²) in [6, 6.07) is 5.08. The maximum atomic E-state index is 12.9. The minimum Gasteiger partial charge on any atom is -0.382 e. The number of nitrogens with zero attached hydrogens (tertiary/aromatic N) is 5. The Morgan fingerprint density at radius 1 is 1.40 bits per heavy atom. The van der Waals surface area contributed by atoms with Gasteiger partial charge in [-0.2, -0.15) is 14.9 Å². The van der Waals surface area contributed by atoms with E-state index >= 15 is 0 Å². The van der Waals surface area contributed by atoms with Crippen molar-refractivity contribution in [3.8, 4) is 6.07 Å². The fourth-order valence-electron chi connectivity index (χ4n) is 2.73. The first-order valence-electron chi connectivity index (χ1n) is 7.97. The average Bonchev–Trinajstić information content (AvgIpc) is 2.92. The van der Waals surface area contributed by atoms with Gasteiger partial charge in [-0.05, 0) is 25.5 Å². The zero-order valence-corrected chi connectivity index (χ0v) is 14.0. The molecule has 8 heteroatoms.